The van der Waals surface area contributed by atoms with E-state index in [0.717, 1.165) is 16.7 Å². The van der Waals surface area contributed by atoms with E-state index in [9.17, 15) is 0 Å². The molecule has 0 atom stereocenters. The lowest BCUT2D eigenvalue weighted by molar-refractivity contribution is 1.08. The molecule has 0 aliphatic rings. The molecule has 8 rings (SSSR count). The number of rotatable bonds is 5. The van der Waals surface area contributed by atoms with Gasteiger partial charge in [-0.3, -0.25) is 0 Å². The zero-order valence-electron chi connectivity index (χ0n) is 23.2. The zero-order chi connectivity index (χ0) is 28.6. The van der Waals surface area contributed by atoms with E-state index in [2.05, 4.69) is 91.0 Å². The maximum atomic E-state index is 5.02. The molecule has 0 unspecified atom stereocenters. The lowest BCUT2D eigenvalue weighted by Crippen LogP contribution is -2.00. The Morgan fingerprint density at radius 1 is 0.349 bits per heavy atom. The molecule has 0 spiro atoms. The smallest absolute Gasteiger partial charge is 0.164 e. The van der Waals surface area contributed by atoms with Crippen LogP contribution in [0.5, 0.6) is 0 Å². The SMILES string of the molecule is c1ccc(-c2cccc(-c3ccc4c(c3)sc3cccc(-c5nc(-c6ccccc6)nc(-c6ccccc6)n5)c34)c2)cc1. The van der Waals surface area contributed by atoms with Gasteiger partial charge in [-0.25, -0.2) is 15.0 Å². The van der Waals surface area contributed by atoms with E-state index < -0.39 is 0 Å². The van der Waals surface area contributed by atoms with Crippen LogP contribution in [0.4, 0.5) is 0 Å². The molecule has 6 aromatic carbocycles. The monoisotopic (exact) mass is 567 g/mol. The second kappa shape index (κ2) is 10.8. The van der Waals surface area contributed by atoms with Crippen molar-refractivity contribution in [2.24, 2.45) is 0 Å². The topological polar surface area (TPSA) is 38.7 Å². The summed E-state index contributed by atoms with van der Waals surface area (Å²) in [5.41, 5.74) is 7.80. The zero-order valence-corrected chi connectivity index (χ0v) is 24.0. The second-order valence-corrected chi connectivity index (χ2v) is 11.6. The Morgan fingerprint density at radius 2 is 0.860 bits per heavy atom. The number of nitrogens with zero attached hydrogens (tertiary/aromatic N) is 3. The molecule has 4 heteroatoms. The van der Waals surface area contributed by atoms with Crippen molar-refractivity contribution in [3.8, 4) is 56.4 Å². The molecule has 202 valence electrons. The van der Waals surface area contributed by atoms with Gasteiger partial charge < -0.3 is 0 Å². The predicted molar refractivity (Wildman–Crippen MR) is 180 cm³/mol. The first kappa shape index (κ1) is 25.3. The Morgan fingerprint density at radius 3 is 1.51 bits per heavy atom. The number of hydrogen-bond donors (Lipinski definition) is 0. The molecule has 2 aromatic heterocycles. The highest BCUT2D eigenvalue weighted by Gasteiger charge is 2.17. The molecule has 0 saturated heterocycles. The van der Waals surface area contributed by atoms with Gasteiger partial charge in [-0.1, -0.05) is 133 Å². The third kappa shape index (κ3) is 4.78. The van der Waals surface area contributed by atoms with Gasteiger partial charge in [-0.15, -0.1) is 11.3 Å². The molecular formula is C39H25N3S. The van der Waals surface area contributed by atoms with E-state index in [1.165, 1.54) is 42.4 Å². The van der Waals surface area contributed by atoms with Gasteiger partial charge in [-0.2, -0.15) is 0 Å². The molecule has 3 nitrogen and oxygen atoms in total. The number of fused-ring (bicyclic) bond motifs is 3. The highest BCUT2D eigenvalue weighted by atomic mass is 32.1. The van der Waals surface area contributed by atoms with Crippen LogP contribution in [-0.4, -0.2) is 15.0 Å². The molecule has 0 aliphatic heterocycles. The van der Waals surface area contributed by atoms with E-state index >= 15 is 0 Å². The van der Waals surface area contributed by atoms with Gasteiger partial charge >= 0.3 is 0 Å². The number of hydrogen-bond acceptors (Lipinski definition) is 4. The van der Waals surface area contributed by atoms with Gasteiger partial charge in [-0.05, 0) is 40.5 Å². The van der Waals surface area contributed by atoms with Crippen molar-refractivity contribution in [1.29, 1.82) is 0 Å². The minimum Gasteiger partial charge on any atom is -0.208 e. The molecule has 0 amide bonds. The molecule has 0 N–H and O–H groups in total. The average Bonchev–Trinajstić information content (AvgIpc) is 3.47. The van der Waals surface area contributed by atoms with Crippen LogP contribution in [0.25, 0.3) is 76.6 Å². The molecule has 43 heavy (non-hydrogen) atoms. The Bertz CT molecular complexity index is 2170. The third-order valence-corrected chi connectivity index (χ3v) is 8.86. The van der Waals surface area contributed by atoms with Gasteiger partial charge in [0, 0.05) is 36.9 Å². The van der Waals surface area contributed by atoms with E-state index in [-0.39, 0.29) is 0 Å². The summed E-state index contributed by atoms with van der Waals surface area (Å²) in [7, 11) is 0. The van der Waals surface area contributed by atoms with Crippen LogP contribution in [0, 0.1) is 0 Å². The summed E-state index contributed by atoms with van der Waals surface area (Å²) in [4.78, 5) is 14.9. The van der Waals surface area contributed by atoms with Crippen LogP contribution in [-0.2, 0) is 0 Å². The fourth-order valence-corrected chi connectivity index (χ4v) is 6.80. The summed E-state index contributed by atoms with van der Waals surface area (Å²) in [5.74, 6) is 2.01. The van der Waals surface area contributed by atoms with Crippen LogP contribution in [0.15, 0.2) is 152 Å². The molecule has 0 saturated carbocycles. The Kier molecular flexibility index (Phi) is 6.32. The first-order valence-corrected chi connectivity index (χ1v) is 15.1. The van der Waals surface area contributed by atoms with Crippen LogP contribution in [0.1, 0.15) is 0 Å². The fraction of sp³-hybridized carbons (Fsp3) is 0. The highest BCUT2D eigenvalue weighted by Crippen LogP contribution is 2.41. The molecule has 0 aliphatic carbocycles. The van der Waals surface area contributed by atoms with Crippen molar-refractivity contribution in [1.82, 2.24) is 15.0 Å². The van der Waals surface area contributed by atoms with Crippen molar-refractivity contribution in [3.63, 3.8) is 0 Å². The lowest BCUT2D eigenvalue weighted by Gasteiger charge is -2.09. The van der Waals surface area contributed by atoms with Gasteiger partial charge in [0.15, 0.2) is 17.5 Å². The number of benzene rings is 6. The number of aromatic nitrogens is 3. The average molecular weight is 568 g/mol. The van der Waals surface area contributed by atoms with Crippen LogP contribution in [0.3, 0.4) is 0 Å². The normalized spacial score (nSPS) is 11.3. The minimum atomic E-state index is 0.668. The van der Waals surface area contributed by atoms with Gasteiger partial charge in [0.05, 0.1) is 0 Å². The van der Waals surface area contributed by atoms with Crippen molar-refractivity contribution < 1.29 is 0 Å². The summed E-state index contributed by atoms with van der Waals surface area (Å²) in [6.07, 6.45) is 0. The minimum absolute atomic E-state index is 0.668. The van der Waals surface area contributed by atoms with E-state index in [1.807, 2.05) is 72.0 Å². The van der Waals surface area contributed by atoms with Crippen molar-refractivity contribution in [2.45, 2.75) is 0 Å². The first-order valence-electron chi connectivity index (χ1n) is 14.3. The van der Waals surface area contributed by atoms with Crippen molar-refractivity contribution >= 4 is 31.5 Å². The summed E-state index contributed by atoms with van der Waals surface area (Å²) in [6.45, 7) is 0. The molecule has 8 aromatic rings. The van der Waals surface area contributed by atoms with E-state index in [4.69, 9.17) is 15.0 Å². The van der Waals surface area contributed by atoms with Crippen LogP contribution >= 0.6 is 11.3 Å². The second-order valence-electron chi connectivity index (χ2n) is 10.5. The molecule has 0 bridgehead atoms. The Balaban J connectivity index is 1.28. The Hall–Kier alpha value is -5.45. The van der Waals surface area contributed by atoms with Gasteiger partial charge in [0.2, 0.25) is 0 Å². The van der Waals surface area contributed by atoms with Gasteiger partial charge in [0.1, 0.15) is 0 Å². The maximum Gasteiger partial charge on any atom is 0.164 e. The highest BCUT2D eigenvalue weighted by molar-refractivity contribution is 7.26. The summed E-state index contributed by atoms with van der Waals surface area (Å²) >= 11 is 1.81. The van der Waals surface area contributed by atoms with Crippen molar-refractivity contribution in [2.75, 3.05) is 0 Å². The Labute approximate surface area is 253 Å². The van der Waals surface area contributed by atoms with Crippen molar-refractivity contribution in [3.05, 3.63) is 152 Å². The fourth-order valence-electron chi connectivity index (χ4n) is 5.63. The molecule has 0 radical (unpaired) electrons. The lowest BCUT2D eigenvalue weighted by atomic mass is 9.98. The van der Waals surface area contributed by atoms with E-state index in [0.29, 0.717) is 17.5 Å². The summed E-state index contributed by atoms with van der Waals surface area (Å²) in [6, 6.07) is 52.8. The van der Waals surface area contributed by atoms with Crippen LogP contribution in [0.2, 0.25) is 0 Å². The van der Waals surface area contributed by atoms with Gasteiger partial charge in [0.25, 0.3) is 0 Å². The third-order valence-electron chi connectivity index (χ3n) is 7.74. The molecular weight excluding hydrogens is 543 g/mol. The van der Waals surface area contributed by atoms with Crippen LogP contribution < -0.4 is 0 Å². The quantitative estimate of drug-likeness (QED) is 0.208. The summed E-state index contributed by atoms with van der Waals surface area (Å²) in [5, 5.41) is 2.39. The largest absolute Gasteiger partial charge is 0.208 e. The van der Waals surface area contributed by atoms with E-state index in [1.54, 1.807) is 0 Å². The molecule has 2 heterocycles. The standard InChI is InChI=1S/C39H25N3S/c1-4-12-26(13-5-1)29-18-10-19-30(24-29)31-22-23-32-35(25-31)43-34-21-11-20-33(36(32)34)39-41-37(27-14-6-2-7-15-27)40-38(42-39)28-16-8-3-9-17-28/h1-25H. The first-order chi connectivity index (χ1) is 21.3. The number of thiophene rings is 1. The summed E-state index contributed by atoms with van der Waals surface area (Å²) < 4.78 is 2.45. The molecule has 0 fully saturated rings. The maximum absolute atomic E-state index is 5.02. The predicted octanol–water partition coefficient (Wildman–Crippen LogP) is 10.6.